The second-order valence-electron chi connectivity index (χ2n) is 17.6. The molecule has 0 bridgehead atoms. The fourth-order valence-corrected chi connectivity index (χ4v) is 8.56. The monoisotopic (exact) mass is 943 g/mol. The smallest absolute Gasteiger partial charge is 0.462 e. The largest absolute Gasteiger partial charge is 0.472 e. The summed E-state index contributed by atoms with van der Waals surface area (Å²) in [5, 5.41) is 50.2. The van der Waals surface area contributed by atoms with Gasteiger partial charge in [0.05, 0.1) is 6.61 Å². The number of hydrogen-bond donors (Lipinski definition) is 6. The summed E-state index contributed by atoms with van der Waals surface area (Å²) in [5.74, 6) is -1.11. The minimum absolute atomic E-state index is 0.0845. The zero-order valence-electron chi connectivity index (χ0n) is 40.3. The predicted octanol–water partition coefficient (Wildman–Crippen LogP) is 10.7. The topological polar surface area (TPSA) is 210 Å². The molecule has 1 rings (SSSR count). The molecule has 6 atom stereocenters. The maximum atomic E-state index is 12.8. The first-order valence-electron chi connectivity index (χ1n) is 25.4. The average molecular weight is 943 g/mol. The molecule has 0 heterocycles. The van der Waals surface area contributed by atoms with Crippen molar-refractivity contribution in [3.8, 4) is 0 Å². The maximum absolute atomic E-state index is 12.8. The van der Waals surface area contributed by atoms with E-state index in [4.69, 9.17) is 18.5 Å². The summed E-state index contributed by atoms with van der Waals surface area (Å²) in [6.45, 7) is 3.20. The third-order valence-electron chi connectivity index (χ3n) is 11.7. The summed E-state index contributed by atoms with van der Waals surface area (Å²) in [5.41, 5.74) is 0. The second-order valence-corrected chi connectivity index (χ2v) is 19.0. The first kappa shape index (κ1) is 60.8. The molecule has 0 aromatic heterocycles. The maximum Gasteiger partial charge on any atom is 0.472 e. The van der Waals surface area contributed by atoms with E-state index in [1.807, 2.05) is 0 Å². The van der Waals surface area contributed by atoms with Gasteiger partial charge in [-0.3, -0.25) is 18.6 Å². The van der Waals surface area contributed by atoms with Gasteiger partial charge in [0.15, 0.2) is 6.10 Å². The number of unbranched alkanes of at least 4 members (excludes halogenated alkanes) is 22. The molecule has 1 aliphatic rings. The number of hydrogen-bond acceptors (Lipinski definition) is 12. The number of aliphatic hydroxyl groups is 5. The Morgan fingerprint density at radius 3 is 1.35 bits per heavy atom. The lowest BCUT2D eigenvalue weighted by Gasteiger charge is -2.41. The van der Waals surface area contributed by atoms with Crippen molar-refractivity contribution in [3.63, 3.8) is 0 Å². The summed E-state index contributed by atoms with van der Waals surface area (Å²) in [4.78, 5) is 35.8. The van der Waals surface area contributed by atoms with Gasteiger partial charge < -0.3 is 39.9 Å². The van der Waals surface area contributed by atoms with Gasteiger partial charge in [0, 0.05) is 12.8 Å². The van der Waals surface area contributed by atoms with Gasteiger partial charge in [-0.2, -0.15) is 0 Å². The highest BCUT2D eigenvalue weighted by Gasteiger charge is 2.51. The number of carbonyl (C=O) groups is 2. The zero-order valence-corrected chi connectivity index (χ0v) is 41.2. The van der Waals surface area contributed by atoms with Crippen molar-refractivity contribution in [1.29, 1.82) is 0 Å². The van der Waals surface area contributed by atoms with Crippen LogP contribution in [0, 0.1) is 0 Å². The van der Waals surface area contributed by atoms with E-state index in [9.17, 15) is 44.6 Å². The molecule has 14 heteroatoms. The second kappa shape index (κ2) is 40.8. The van der Waals surface area contributed by atoms with Crippen molar-refractivity contribution in [1.82, 2.24) is 0 Å². The molecule has 0 aliphatic heterocycles. The number of ether oxygens (including phenoxy) is 2. The van der Waals surface area contributed by atoms with Gasteiger partial charge in [-0.25, -0.2) is 4.57 Å². The lowest BCUT2D eigenvalue weighted by atomic mass is 9.85. The molecule has 0 spiro atoms. The number of esters is 2. The van der Waals surface area contributed by atoms with Crippen LogP contribution < -0.4 is 0 Å². The van der Waals surface area contributed by atoms with Crippen LogP contribution in [0.1, 0.15) is 206 Å². The summed E-state index contributed by atoms with van der Waals surface area (Å²) in [6.07, 6.45) is 35.8. The Kier molecular flexibility index (Phi) is 38.2. The number of phosphoric acid groups is 1. The quantitative estimate of drug-likeness (QED) is 0.0146. The molecule has 0 aromatic rings. The Bertz CT molecular complexity index is 1320. The highest BCUT2D eigenvalue weighted by molar-refractivity contribution is 7.47. The molecule has 1 saturated carbocycles. The fraction of sp³-hybridized carbons (Fsp3) is 0.804. The molecular weight excluding hydrogens is 852 g/mol. The van der Waals surface area contributed by atoms with E-state index in [0.29, 0.717) is 12.8 Å². The lowest BCUT2D eigenvalue weighted by molar-refractivity contribution is -0.220. The predicted molar refractivity (Wildman–Crippen MR) is 258 cm³/mol. The van der Waals surface area contributed by atoms with E-state index in [-0.39, 0.29) is 12.8 Å². The first-order chi connectivity index (χ1) is 31.4. The van der Waals surface area contributed by atoms with E-state index in [0.717, 1.165) is 89.9 Å². The van der Waals surface area contributed by atoms with Crippen LogP contribution in [0.2, 0.25) is 0 Å². The van der Waals surface area contributed by atoms with E-state index in [1.54, 1.807) is 0 Å². The van der Waals surface area contributed by atoms with Gasteiger partial charge in [-0.05, 0) is 70.6 Å². The molecule has 13 nitrogen and oxygen atoms in total. The highest BCUT2D eigenvalue weighted by Crippen LogP contribution is 2.47. The van der Waals surface area contributed by atoms with Gasteiger partial charge in [-0.15, -0.1) is 0 Å². The van der Waals surface area contributed by atoms with Crippen molar-refractivity contribution >= 4 is 19.8 Å². The van der Waals surface area contributed by atoms with Crippen LogP contribution >= 0.6 is 7.82 Å². The Morgan fingerprint density at radius 2 is 0.877 bits per heavy atom. The number of phosphoric ester groups is 1. The van der Waals surface area contributed by atoms with Crippen molar-refractivity contribution in [3.05, 3.63) is 48.6 Å². The van der Waals surface area contributed by atoms with E-state index < -0.39 is 75.7 Å². The number of carbonyl (C=O) groups excluding carboxylic acids is 2. The molecule has 6 unspecified atom stereocenters. The Hall–Kier alpha value is -2.19. The number of aliphatic hydroxyl groups excluding tert-OH is 5. The van der Waals surface area contributed by atoms with E-state index in [2.05, 4.69) is 62.5 Å². The summed E-state index contributed by atoms with van der Waals surface area (Å²) < 4.78 is 33.6. The minimum atomic E-state index is -5.13. The van der Waals surface area contributed by atoms with Gasteiger partial charge in [0.2, 0.25) is 0 Å². The lowest BCUT2D eigenvalue weighted by Crippen LogP contribution is -2.64. The third kappa shape index (κ3) is 33.0. The van der Waals surface area contributed by atoms with Gasteiger partial charge in [-0.1, -0.05) is 172 Å². The van der Waals surface area contributed by atoms with Crippen molar-refractivity contribution < 1.29 is 63.1 Å². The van der Waals surface area contributed by atoms with Gasteiger partial charge in [0.25, 0.3) is 0 Å². The standard InChI is InChI=1S/C51H91O13P/c1-3-5-7-9-11-13-15-17-19-21-22-24-25-27-29-31-33-35-37-39-44(52)61-41-43(42-62-65(59,60)64-51-49(57)47(55)46(54)48(56)50(51)58)63-45(53)40-38-36-34-32-30-28-26-23-20-18-16-14-12-10-8-6-4-2/h6,8,12,14,17-20,43,46-51,54-58H,3-5,7,9-11,13,15-16,21-42H2,1-2H3,(H,59,60)/b8-6-,14-12-,19-17-,20-18-. The molecule has 0 amide bonds. The molecule has 65 heavy (non-hydrogen) atoms. The Morgan fingerprint density at radius 1 is 0.492 bits per heavy atom. The molecule has 1 aliphatic carbocycles. The van der Waals surface area contributed by atoms with Gasteiger partial charge in [0.1, 0.15) is 43.2 Å². The SMILES string of the molecule is CC/C=C\C/C=C\C/C=C\CCCCCCCCCC(=O)OC(COC(=O)CCCCCCCCCCC/C=C\CCCCCCCC)COP(=O)(O)OC1C(O)C(O)C(O)C(O)C1O. The third-order valence-corrected chi connectivity index (χ3v) is 12.6. The van der Waals surface area contributed by atoms with Crippen LogP contribution in [0.5, 0.6) is 0 Å². The molecular formula is C51H91O13P. The molecule has 0 aromatic carbocycles. The average Bonchev–Trinajstić information content (AvgIpc) is 3.29. The van der Waals surface area contributed by atoms with Crippen LogP contribution in [0.15, 0.2) is 48.6 Å². The van der Waals surface area contributed by atoms with E-state index in [1.165, 1.54) is 77.0 Å². The van der Waals surface area contributed by atoms with Crippen LogP contribution in [-0.4, -0.2) is 98.3 Å². The fourth-order valence-electron chi connectivity index (χ4n) is 7.59. The Labute approximate surface area is 392 Å². The minimum Gasteiger partial charge on any atom is -0.462 e. The van der Waals surface area contributed by atoms with Gasteiger partial charge >= 0.3 is 19.8 Å². The molecule has 378 valence electrons. The summed E-state index contributed by atoms with van der Waals surface area (Å²) >= 11 is 0. The van der Waals surface area contributed by atoms with Crippen molar-refractivity contribution in [2.45, 2.75) is 249 Å². The summed E-state index contributed by atoms with van der Waals surface area (Å²) in [7, 11) is -5.13. The van der Waals surface area contributed by atoms with Crippen LogP contribution in [0.25, 0.3) is 0 Å². The molecule has 1 fully saturated rings. The number of allylic oxidation sites excluding steroid dienone is 8. The van der Waals surface area contributed by atoms with E-state index >= 15 is 0 Å². The zero-order chi connectivity index (χ0) is 47.8. The molecule has 0 radical (unpaired) electrons. The summed E-state index contributed by atoms with van der Waals surface area (Å²) in [6, 6.07) is 0. The van der Waals surface area contributed by atoms with Crippen molar-refractivity contribution in [2.75, 3.05) is 13.2 Å². The first-order valence-corrected chi connectivity index (χ1v) is 26.9. The Balaban J connectivity index is 2.41. The van der Waals surface area contributed by atoms with Crippen LogP contribution in [-0.2, 0) is 32.7 Å². The molecule has 6 N–H and O–H groups in total. The van der Waals surface area contributed by atoms with Crippen LogP contribution in [0.3, 0.4) is 0 Å². The number of rotatable bonds is 42. The van der Waals surface area contributed by atoms with Crippen molar-refractivity contribution in [2.24, 2.45) is 0 Å². The normalized spacial score (nSPS) is 21.8. The highest BCUT2D eigenvalue weighted by atomic mass is 31.2. The molecule has 0 saturated heterocycles. The van der Waals surface area contributed by atoms with Crippen LogP contribution in [0.4, 0.5) is 0 Å².